The first-order valence-corrected chi connectivity index (χ1v) is 10.5. The molecule has 2 aromatic carbocycles. The fraction of sp³-hybridized carbons (Fsp3) is 0.360. The Morgan fingerprint density at radius 2 is 1.93 bits per heavy atom. The summed E-state index contributed by atoms with van der Waals surface area (Å²) in [5.74, 6) is 0.342. The molecule has 2 aromatic rings. The van der Waals surface area contributed by atoms with Gasteiger partial charge in [0.1, 0.15) is 11.4 Å². The van der Waals surface area contributed by atoms with Crippen molar-refractivity contribution in [3.8, 4) is 5.75 Å². The lowest BCUT2D eigenvalue weighted by atomic mass is 9.82. The Morgan fingerprint density at radius 1 is 1.17 bits per heavy atom. The molecular weight excluding hydrogens is 378 g/mol. The van der Waals surface area contributed by atoms with Crippen LogP contribution in [0.3, 0.4) is 0 Å². The predicted molar refractivity (Wildman–Crippen MR) is 116 cm³/mol. The number of Topliss-reactive ketones (excluding diaryl/α,β-unsaturated/α-hetero) is 1. The molecule has 0 amide bonds. The van der Waals surface area contributed by atoms with Gasteiger partial charge >= 0.3 is 5.97 Å². The van der Waals surface area contributed by atoms with Gasteiger partial charge < -0.3 is 14.4 Å². The number of methoxy groups -OCH3 is 1. The Labute approximate surface area is 177 Å². The number of fused-ring (bicyclic) bond motifs is 1. The zero-order chi connectivity index (χ0) is 21.0. The van der Waals surface area contributed by atoms with Crippen molar-refractivity contribution in [3.63, 3.8) is 0 Å². The maximum absolute atomic E-state index is 12.9. The minimum atomic E-state index is -0.423. The first-order valence-electron chi connectivity index (χ1n) is 10.5. The van der Waals surface area contributed by atoms with Crippen molar-refractivity contribution in [3.05, 3.63) is 71.3 Å². The summed E-state index contributed by atoms with van der Waals surface area (Å²) in [5.41, 5.74) is 2.34. The number of carbonyl (C=O) groups is 2. The molecule has 2 aliphatic heterocycles. The number of rotatable bonds is 5. The van der Waals surface area contributed by atoms with Crippen molar-refractivity contribution in [1.82, 2.24) is 4.90 Å². The highest BCUT2D eigenvalue weighted by Crippen LogP contribution is 2.39. The number of likely N-dealkylation sites (tertiary alicyclic amines) is 1. The zero-order valence-electron chi connectivity index (χ0n) is 17.3. The van der Waals surface area contributed by atoms with Crippen molar-refractivity contribution in [2.24, 2.45) is 0 Å². The summed E-state index contributed by atoms with van der Waals surface area (Å²) in [4.78, 5) is 26.6. The molecule has 2 aliphatic rings. The highest BCUT2D eigenvalue weighted by molar-refractivity contribution is 6.01. The van der Waals surface area contributed by atoms with E-state index in [0.717, 1.165) is 44.5 Å². The third kappa shape index (κ3) is 4.62. The quantitative estimate of drug-likeness (QED) is 0.558. The van der Waals surface area contributed by atoms with Crippen LogP contribution < -0.4 is 4.74 Å². The minimum Gasteiger partial charge on any atom is -0.486 e. The van der Waals surface area contributed by atoms with Gasteiger partial charge in [-0.1, -0.05) is 36.4 Å². The van der Waals surface area contributed by atoms with Crippen molar-refractivity contribution >= 4 is 17.8 Å². The number of nitrogens with zero attached hydrogens (tertiary/aromatic N) is 1. The standard InChI is InChI=1S/C25H27NO4/c1-29-24(28)10-8-20-7-9-23-21(17-20)22(27)18-25(30-23)12-15-26(16-13-25)14-11-19-5-3-2-4-6-19/h2-10,17H,11-16,18H2,1H3. The van der Waals surface area contributed by atoms with E-state index in [9.17, 15) is 9.59 Å². The van der Waals surface area contributed by atoms with Gasteiger partial charge in [-0.05, 0) is 35.8 Å². The Morgan fingerprint density at radius 3 is 2.67 bits per heavy atom. The maximum atomic E-state index is 12.9. The van der Waals surface area contributed by atoms with E-state index in [1.165, 1.54) is 18.7 Å². The van der Waals surface area contributed by atoms with Gasteiger partial charge in [0.25, 0.3) is 0 Å². The first-order chi connectivity index (χ1) is 14.6. The van der Waals surface area contributed by atoms with Crippen LogP contribution in [0.4, 0.5) is 0 Å². The first kappa shape index (κ1) is 20.4. The number of ketones is 1. The number of hydrogen-bond acceptors (Lipinski definition) is 5. The normalized spacial score (nSPS) is 18.2. The molecule has 1 spiro atoms. The number of benzene rings is 2. The molecule has 0 atom stereocenters. The van der Waals surface area contributed by atoms with Crippen LogP contribution >= 0.6 is 0 Å². The molecule has 5 nitrogen and oxygen atoms in total. The second-order valence-corrected chi connectivity index (χ2v) is 8.07. The molecule has 0 N–H and O–H groups in total. The summed E-state index contributed by atoms with van der Waals surface area (Å²) >= 11 is 0. The summed E-state index contributed by atoms with van der Waals surface area (Å²) in [6.45, 7) is 2.91. The van der Waals surface area contributed by atoms with Crippen LogP contribution in [-0.4, -0.2) is 49.0 Å². The van der Waals surface area contributed by atoms with E-state index in [2.05, 4.69) is 33.9 Å². The second kappa shape index (κ2) is 8.84. The van der Waals surface area contributed by atoms with Gasteiger partial charge in [-0.15, -0.1) is 0 Å². The maximum Gasteiger partial charge on any atom is 0.330 e. The van der Waals surface area contributed by atoms with Gasteiger partial charge in [0.05, 0.1) is 19.1 Å². The smallest absolute Gasteiger partial charge is 0.330 e. The summed E-state index contributed by atoms with van der Waals surface area (Å²) in [7, 11) is 1.34. The molecule has 0 unspecified atom stereocenters. The van der Waals surface area contributed by atoms with Crippen LogP contribution in [0.25, 0.3) is 6.08 Å². The molecule has 30 heavy (non-hydrogen) atoms. The van der Waals surface area contributed by atoms with Gasteiger partial charge in [0.15, 0.2) is 5.78 Å². The summed E-state index contributed by atoms with van der Waals surface area (Å²) < 4.78 is 11.0. The molecule has 0 radical (unpaired) electrons. The van der Waals surface area contributed by atoms with Crippen LogP contribution in [-0.2, 0) is 16.0 Å². The topological polar surface area (TPSA) is 55.8 Å². The molecule has 0 saturated carbocycles. The highest BCUT2D eigenvalue weighted by atomic mass is 16.5. The van der Waals surface area contributed by atoms with Crippen molar-refractivity contribution in [2.75, 3.05) is 26.7 Å². The van der Waals surface area contributed by atoms with E-state index in [4.69, 9.17) is 4.74 Å². The van der Waals surface area contributed by atoms with Crippen LogP contribution in [0.15, 0.2) is 54.6 Å². The lowest BCUT2D eigenvalue weighted by Gasteiger charge is -2.44. The van der Waals surface area contributed by atoms with Gasteiger partial charge in [-0.2, -0.15) is 0 Å². The van der Waals surface area contributed by atoms with Crippen molar-refractivity contribution in [2.45, 2.75) is 31.3 Å². The molecule has 0 bridgehead atoms. The minimum absolute atomic E-state index is 0.113. The predicted octanol–water partition coefficient (Wildman–Crippen LogP) is 3.92. The van der Waals surface area contributed by atoms with Crippen LogP contribution in [0.2, 0.25) is 0 Å². The Kier molecular flexibility index (Phi) is 6.00. The highest BCUT2D eigenvalue weighted by Gasteiger charge is 2.42. The Balaban J connectivity index is 1.38. The third-order valence-corrected chi connectivity index (χ3v) is 6.05. The van der Waals surface area contributed by atoms with Gasteiger partial charge in [-0.3, -0.25) is 4.79 Å². The van der Waals surface area contributed by atoms with Gasteiger partial charge in [-0.25, -0.2) is 4.79 Å². The van der Waals surface area contributed by atoms with Gasteiger partial charge in [0, 0.05) is 38.6 Å². The molecule has 2 heterocycles. The zero-order valence-corrected chi connectivity index (χ0v) is 17.3. The summed E-state index contributed by atoms with van der Waals surface area (Å²) in [6, 6.07) is 16.0. The summed E-state index contributed by atoms with van der Waals surface area (Å²) in [6.07, 6.45) is 6.17. The number of piperidine rings is 1. The van der Waals surface area contributed by atoms with Gasteiger partial charge in [0.2, 0.25) is 0 Å². The number of carbonyl (C=O) groups excluding carboxylic acids is 2. The number of esters is 1. The van der Waals surface area contributed by atoms with E-state index in [1.807, 2.05) is 18.2 Å². The lowest BCUT2D eigenvalue weighted by Crippen LogP contribution is -2.51. The van der Waals surface area contributed by atoms with Crippen molar-refractivity contribution in [1.29, 1.82) is 0 Å². The molecular formula is C25H27NO4. The molecule has 156 valence electrons. The van der Waals surface area contributed by atoms with E-state index >= 15 is 0 Å². The monoisotopic (exact) mass is 405 g/mol. The van der Waals surface area contributed by atoms with Crippen LogP contribution in [0, 0.1) is 0 Å². The van der Waals surface area contributed by atoms with E-state index in [0.29, 0.717) is 17.7 Å². The average molecular weight is 405 g/mol. The third-order valence-electron chi connectivity index (χ3n) is 6.05. The number of hydrogen-bond donors (Lipinski definition) is 0. The Bertz CT molecular complexity index is 943. The van der Waals surface area contributed by atoms with E-state index < -0.39 is 11.6 Å². The molecule has 0 aliphatic carbocycles. The second-order valence-electron chi connectivity index (χ2n) is 8.07. The lowest BCUT2D eigenvalue weighted by molar-refractivity contribution is -0.134. The largest absolute Gasteiger partial charge is 0.486 e. The van der Waals surface area contributed by atoms with E-state index in [1.54, 1.807) is 12.1 Å². The van der Waals surface area contributed by atoms with Crippen molar-refractivity contribution < 1.29 is 19.1 Å². The molecule has 5 heteroatoms. The Hall–Kier alpha value is -2.92. The molecule has 1 saturated heterocycles. The average Bonchev–Trinajstić information content (AvgIpc) is 2.78. The molecule has 0 aromatic heterocycles. The fourth-order valence-corrected chi connectivity index (χ4v) is 4.24. The summed E-state index contributed by atoms with van der Waals surface area (Å²) in [5, 5.41) is 0. The fourth-order valence-electron chi connectivity index (χ4n) is 4.24. The molecule has 4 rings (SSSR count). The van der Waals surface area contributed by atoms with Crippen LogP contribution in [0.1, 0.15) is 40.7 Å². The number of ether oxygens (including phenoxy) is 2. The van der Waals surface area contributed by atoms with Crippen LogP contribution in [0.5, 0.6) is 5.75 Å². The molecule has 1 fully saturated rings. The SMILES string of the molecule is COC(=O)C=Cc1ccc2c(c1)C(=O)CC1(CCN(CCc3ccccc3)CC1)O2. The van der Waals surface area contributed by atoms with E-state index in [-0.39, 0.29) is 5.78 Å².